The minimum Gasteiger partial charge on any atom is -0.490 e. The van der Waals surface area contributed by atoms with Crippen molar-refractivity contribution in [3.05, 3.63) is 41.7 Å². The van der Waals surface area contributed by atoms with Crippen molar-refractivity contribution in [2.45, 2.75) is 64.9 Å². The lowest BCUT2D eigenvalue weighted by molar-refractivity contribution is -0.148. The number of unbranched alkanes of at least 4 members (excludes halogenated alkanes) is 2. The molecule has 0 aliphatic rings. The van der Waals surface area contributed by atoms with Gasteiger partial charge in [0.15, 0.2) is 0 Å². The molecular weight excluding hydrogens is 344 g/mol. The first kappa shape index (κ1) is 25.1. The van der Waals surface area contributed by atoms with Crippen LogP contribution in [0.1, 0.15) is 64.4 Å². The Morgan fingerprint density at radius 2 is 1.63 bits per heavy atom. The van der Waals surface area contributed by atoms with E-state index in [0.29, 0.717) is 0 Å². The van der Waals surface area contributed by atoms with Gasteiger partial charge in [-0.2, -0.15) is 0 Å². The van der Waals surface area contributed by atoms with E-state index in [1.165, 1.54) is 7.11 Å². The molecule has 5 nitrogen and oxygen atoms in total. The number of esters is 1. The molecule has 0 heterocycles. The van der Waals surface area contributed by atoms with E-state index in [4.69, 9.17) is 19.7 Å². The summed E-state index contributed by atoms with van der Waals surface area (Å²) < 4.78 is 10.8. The van der Waals surface area contributed by atoms with Gasteiger partial charge in [-0.1, -0.05) is 63.4 Å². The summed E-state index contributed by atoms with van der Waals surface area (Å²) in [6.07, 6.45) is 8.13. The number of methoxy groups -OCH3 is 1. The molecule has 0 saturated carbocycles. The maximum atomic E-state index is 12.2. The van der Waals surface area contributed by atoms with Gasteiger partial charge in [0.1, 0.15) is 6.10 Å². The molecule has 0 radical (unpaired) electrons. The van der Waals surface area contributed by atoms with Crippen molar-refractivity contribution in [1.29, 1.82) is 0 Å². The summed E-state index contributed by atoms with van der Waals surface area (Å²) in [4.78, 5) is 12.2. The lowest BCUT2D eigenvalue weighted by Gasteiger charge is -2.17. The lowest BCUT2D eigenvalue weighted by Crippen LogP contribution is -2.20. The van der Waals surface area contributed by atoms with Crippen molar-refractivity contribution in [2.75, 3.05) is 20.3 Å². The topological polar surface area (TPSA) is 76.0 Å². The third kappa shape index (κ3) is 13.0. The fourth-order valence-electron chi connectivity index (χ4n) is 2.35. The van der Waals surface area contributed by atoms with Crippen molar-refractivity contribution >= 4 is 12.0 Å². The molecule has 1 aromatic rings. The average molecular weight is 381 g/mol. The van der Waals surface area contributed by atoms with E-state index >= 15 is 0 Å². The summed E-state index contributed by atoms with van der Waals surface area (Å²) in [6.45, 7) is 4.63. The number of hydrogen-bond acceptors (Lipinski definition) is 5. The predicted molar refractivity (Wildman–Crippen MR) is 109 cm³/mol. The standard InChI is InChI=1S/C18H26O3.C4H10O2/c1-4-6-13-16(10-5-2)21-18(19)17(20-3)14-15-11-8-7-9-12-15;5-3-1-2-4-6/h7-9,11-12,14,16H,4-6,10,13H2,1-3H3;5-6H,1-4H2. The number of hydrogen-bond donors (Lipinski definition) is 2. The van der Waals surface area contributed by atoms with Crippen molar-refractivity contribution in [2.24, 2.45) is 0 Å². The van der Waals surface area contributed by atoms with Gasteiger partial charge in [-0.15, -0.1) is 0 Å². The average Bonchev–Trinajstić information content (AvgIpc) is 2.70. The molecule has 0 aliphatic heterocycles. The Labute approximate surface area is 164 Å². The zero-order valence-corrected chi connectivity index (χ0v) is 17.0. The van der Waals surface area contributed by atoms with E-state index < -0.39 is 0 Å². The normalized spacial score (nSPS) is 12.0. The number of benzene rings is 1. The van der Waals surface area contributed by atoms with Crippen molar-refractivity contribution < 1.29 is 24.5 Å². The molecule has 0 bridgehead atoms. The van der Waals surface area contributed by atoms with E-state index in [1.807, 2.05) is 30.3 Å². The Hall–Kier alpha value is -1.85. The Morgan fingerprint density at radius 3 is 2.11 bits per heavy atom. The van der Waals surface area contributed by atoms with E-state index in [9.17, 15) is 4.79 Å². The van der Waals surface area contributed by atoms with Crippen LogP contribution < -0.4 is 0 Å². The molecule has 0 saturated heterocycles. The molecule has 1 atom stereocenters. The molecule has 0 aliphatic carbocycles. The Morgan fingerprint density at radius 1 is 1.00 bits per heavy atom. The summed E-state index contributed by atoms with van der Waals surface area (Å²) in [5, 5.41) is 16.2. The van der Waals surface area contributed by atoms with Crippen molar-refractivity contribution in [3.63, 3.8) is 0 Å². The van der Waals surface area contributed by atoms with Crippen LogP contribution in [0.3, 0.4) is 0 Å². The molecule has 1 rings (SSSR count). The quantitative estimate of drug-likeness (QED) is 0.244. The van der Waals surface area contributed by atoms with Crippen LogP contribution >= 0.6 is 0 Å². The predicted octanol–water partition coefficient (Wildman–Crippen LogP) is 4.33. The second-order valence-electron chi connectivity index (χ2n) is 6.24. The summed E-state index contributed by atoms with van der Waals surface area (Å²) in [6, 6.07) is 9.63. The van der Waals surface area contributed by atoms with Crippen LogP contribution in [0.25, 0.3) is 6.08 Å². The summed E-state index contributed by atoms with van der Waals surface area (Å²) in [7, 11) is 1.50. The van der Waals surface area contributed by atoms with Gasteiger partial charge in [0.25, 0.3) is 0 Å². The van der Waals surface area contributed by atoms with Crippen LogP contribution in [0.4, 0.5) is 0 Å². The number of aliphatic hydroxyl groups excluding tert-OH is 2. The maximum absolute atomic E-state index is 12.2. The second kappa shape index (κ2) is 17.6. The van der Waals surface area contributed by atoms with Crippen molar-refractivity contribution in [1.82, 2.24) is 0 Å². The molecule has 0 amide bonds. The number of aliphatic hydroxyl groups is 2. The van der Waals surface area contributed by atoms with E-state index in [1.54, 1.807) is 6.08 Å². The molecule has 0 fully saturated rings. The van der Waals surface area contributed by atoms with Crippen molar-refractivity contribution in [3.8, 4) is 0 Å². The molecule has 154 valence electrons. The molecule has 0 aromatic heterocycles. The molecule has 1 aromatic carbocycles. The first-order chi connectivity index (χ1) is 13.1. The Kier molecular flexibility index (Phi) is 16.4. The van der Waals surface area contributed by atoms with Crippen LogP contribution in [0.15, 0.2) is 36.1 Å². The monoisotopic (exact) mass is 380 g/mol. The first-order valence-electron chi connectivity index (χ1n) is 9.86. The molecular formula is C22H36O5. The SMILES string of the molecule is CCCCC(CCC)OC(=O)C(=Cc1ccccc1)OC.OCCCCO. The van der Waals surface area contributed by atoms with Gasteiger partial charge in [0.2, 0.25) is 5.76 Å². The minimum absolute atomic E-state index is 0.0169. The Balaban J connectivity index is 0.000000972. The second-order valence-corrected chi connectivity index (χ2v) is 6.24. The Bertz CT molecular complexity index is 495. The van der Waals surface area contributed by atoms with Gasteiger partial charge in [-0.3, -0.25) is 0 Å². The molecule has 1 unspecified atom stereocenters. The van der Waals surface area contributed by atoms with Crippen LogP contribution in [0.2, 0.25) is 0 Å². The largest absolute Gasteiger partial charge is 0.490 e. The third-order valence-corrected chi connectivity index (χ3v) is 3.85. The van der Waals surface area contributed by atoms with E-state index in [2.05, 4.69) is 13.8 Å². The smallest absolute Gasteiger partial charge is 0.373 e. The lowest BCUT2D eigenvalue weighted by atomic mass is 10.1. The summed E-state index contributed by atoms with van der Waals surface area (Å²) >= 11 is 0. The van der Waals surface area contributed by atoms with E-state index in [-0.39, 0.29) is 31.0 Å². The zero-order chi connectivity index (χ0) is 20.3. The van der Waals surface area contributed by atoms with Crippen LogP contribution in [-0.2, 0) is 14.3 Å². The fourth-order valence-corrected chi connectivity index (χ4v) is 2.35. The van der Waals surface area contributed by atoms with Crippen LogP contribution in [-0.4, -0.2) is 42.6 Å². The van der Waals surface area contributed by atoms with E-state index in [0.717, 1.165) is 50.5 Å². The maximum Gasteiger partial charge on any atom is 0.373 e. The molecule has 0 spiro atoms. The van der Waals surface area contributed by atoms with Gasteiger partial charge >= 0.3 is 5.97 Å². The summed E-state index contributed by atoms with van der Waals surface area (Å²) in [5.41, 5.74) is 0.923. The van der Waals surface area contributed by atoms with Crippen LogP contribution in [0, 0.1) is 0 Å². The number of rotatable bonds is 12. The number of ether oxygens (including phenoxy) is 2. The number of carbonyl (C=O) groups excluding carboxylic acids is 1. The van der Waals surface area contributed by atoms with Gasteiger partial charge < -0.3 is 19.7 Å². The summed E-state index contributed by atoms with van der Waals surface area (Å²) in [5.74, 6) is -0.130. The highest BCUT2D eigenvalue weighted by atomic mass is 16.6. The zero-order valence-electron chi connectivity index (χ0n) is 17.0. The highest BCUT2D eigenvalue weighted by molar-refractivity contribution is 5.91. The number of carbonyl (C=O) groups is 1. The first-order valence-corrected chi connectivity index (χ1v) is 9.86. The molecule has 5 heteroatoms. The molecule has 2 N–H and O–H groups in total. The minimum atomic E-state index is -0.379. The van der Waals surface area contributed by atoms with Gasteiger partial charge in [0, 0.05) is 13.2 Å². The highest BCUT2D eigenvalue weighted by Crippen LogP contribution is 2.15. The molecule has 27 heavy (non-hydrogen) atoms. The third-order valence-electron chi connectivity index (χ3n) is 3.85. The highest BCUT2D eigenvalue weighted by Gasteiger charge is 2.17. The van der Waals surface area contributed by atoms with Gasteiger partial charge in [0.05, 0.1) is 7.11 Å². The van der Waals surface area contributed by atoms with Gasteiger partial charge in [-0.25, -0.2) is 4.79 Å². The van der Waals surface area contributed by atoms with Gasteiger partial charge in [-0.05, 0) is 37.3 Å². The van der Waals surface area contributed by atoms with Crippen LogP contribution in [0.5, 0.6) is 0 Å². The fraction of sp³-hybridized carbons (Fsp3) is 0.591.